The zero-order chi connectivity index (χ0) is 22.2. The third kappa shape index (κ3) is 6.00. The highest BCUT2D eigenvalue weighted by Gasteiger charge is 2.14. The van der Waals surface area contributed by atoms with Gasteiger partial charge in [-0.1, -0.05) is 0 Å². The summed E-state index contributed by atoms with van der Waals surface area (Å²) >= 11 is 0. The van der Waals surface area contributed by atoms with Crippen molar-refractivity contribution >= 4 is 11.7 Å². The van der Waals surface area contributed by atoms with Crippen molar-refractivity contribution in [2.45, 2.75) is 25.9 Å². The monoisotopic (exact) mass is 429 g/mol. The van der Waals surface area contributed by atoms with Crippen LogP contribution in [-0.2, 0) is 6.42 Å². The van der Waals surface area contributed by atoms with E-state index in [4.69, 9.17) is 0 Å². The second-order valence-corrected chi connectivity index (χ2v) is 6.81. The summed E-state index contributed by atoms with van der Waals surface area (Å²) in [5.41, 5.74) is 1.04. The van der Waals surface area contributed by atoms with Crippen molar-refractivity contribution in [1.82, 2.24) is 20.5 Å². The topological polar surface area (TPSA) is 79.8 Å². The molecule has 3 rings (SSSR count). The molecule has 0 fully saturated rings. The van der Waals surface area contributed by atoms with Crippen molar-refractivity contribution in [3.8, 4) is 11.3 Å². The lowest BCUT2D eigenvalue weighted by Gasteiger charge is -2.10. The second-order valence-electron chi connectivity index (χ2n) is 6.81. The molecule has 2 aromatic heterocycles. The van der Waals surface area contributed by atoms with E-state index in [-0.39, 0.29) is 30.6 Å². The fourth-order valence-electron chi connectivity index (χ4n) is 2.93. The Bertz CT molecular complexity index is 1030. The third-order valence-electron chi connectivity index (χ3n) is 4.52. The standard InChI is InChI=1S/C22H22F3N5O/c1-2-26-22(31)16-12-14(5-6-17(16)24)19-7-8-21(30-29-19)28-11-9-15(23)13-20-18(25)4-3-10-27-20/h3-8,10,12,15H,2,9,11,13H2,1H3,(H,26,31)(H,28,30)/t15-/m0/s1. The van der Waals surface area contributed by atoms with Crippen LogP contribution in [0.5, 0.6) is 0 Å². The second kappa shape index (κ2) is 10.5. The third-order valence-corrected chi connectivity index (χ3v) is 4.52. The highest BCUT2D eigenvalue weighted by molar-refractivity contribution is 5.95. The van der Waals surface area contributed by atoms with Crippen LogP contribution in [0, 0.1) is 11.6 Å². The minimum absolute atomic E-state index is 0.0679. The summed E-state index contributed by atoms with van der Waals surface area (Å²) in [5, 5.41) is 13.6. The number of nitrogens with zero attached hydrogens (tertiary/aromatic N) is 3. The maximum Gasteiger partial charge on any atom is 0.254 e. The molecule has 1 amide bonds. The molecule has 2 heterocycles. The Kier molecular flexibility index (Phi) is 7.53. The lowest BCUT2D eigenvalue weighted by Crippen LogP contribution is -2.23. The minimum atomic E-state index is -1.25. The predicted octanol–water partition coefficient (Wildman–Crippen LogP) is 3.95. The van der Waals surface area contributed by atoms with Crippen molar-refractivity contribution in [3.63, 3.8) is 0 Å². The van der Waals surface area contributed by atoms with Crippen molar-refractivity contribution < 1.29 is 18.0 Å². The first-order chi connectivity index (χ1) is 15.0. The first-order valence-corrected chi connectivity index (χ1v) is 9.87. The zero-order valence-electron chi connectivity index (χ0n) is 16.9. The fourth-order valence-corrected chi connectivity index (χ4v) is 2.93. The van der Waals surface area contributed by atoms with Crippen LogP contribution in [0.1, 0.15) is 29.4 Å². The number of pyridine rings is 1. The smallest absolute Gasteiger partial charge is 0.254 e. The molecule has 0 aliphatic carbocycles. The van der Waals surface area contributed by atoms with Crippen LogP contribution in [-0.4, -0.2) is 40.3 Å². The molecule has 6 nitrogen and oxygen atoms in total. The number of rotatable bonds is 9. The van der Waals surface area contributed by atoms with E-state index < -0.39 is 23.7 Å². The SMILES string of the molecule is CCNC(=O)c1cc(-c2ccc(NCC[C@H](F)Cc3ncccc3F)nn2)ccc1F. The summed E-state index contributed by atoms with van der Waals surface area (Å²) < 4.78 is 41.6. The summed E-state index contributed by atoms with van der Waals surface area (Å²) in [6, 6.07) is 10.2. The normalized spacial score (nSPS) is 11.7. The average Bonchev–Trinajstić information content (AvgIpc) is 2.76. The number of alkyl halides is 1. The molecule has 0 unspecified atom stereocenters. The van der Waals surface area contributed by atoms with Gasteiger partial charge < -0.3 is 10.6 Å². The van der Waals surface area contributed by atoms with Crippen molar-refractivity contribution in [2.75, 3.05) is 18.4 Å². The molecule has 9 heteroatoms. The minimum Gasteiger partial charge on any atom is -0.368 e. The lowest BCUT2D eigenvalue weighted by molar-refractivity contribution is 0.0952. The Morgan fingerprint density at radius 1 is 1.10 bits per heavy atom. The van der Waals surface area contributed by atoms with Crippen LogP contribution in [0.4, 0.5) is 19.0 Å². The quantitative estimate of drug-likeness (QED) is 0.539. The highest BCUT2D eigenvalue weighted by atomic mass is 19.1. The molecule has 0 bridgehead atoms. The van der Waals surface area contributed by atoms with E-state index in [1.54, 1.807) is 19.1 Å². The van der Waals surface area contributed by atoms with Crippen LogP contribution in [0.25, 0.3) is 11.3 Å². The van der Waals surface area contributed by atoms with Crippen molar-refractivity contribution in [2.24, 2.45) is 0 Å². The zero-order valence-corrected chi connectivity index (χ0v) is 16.9. The molecule has 31 heavy (non-hydrogen) atoms. The molecule has 0 spiro atoms. The number of aromatic nitrogens is 3. The molecule has 1 aromatic carbocycles. The maximum atomic E-state index is 14.1. The van der Waals surface area contributed by atoms with Gasteiger partial charge in [-0.3, -0.25) is 9.78 Å². The van der Waals surface area contributed by atoms with Gasteiger partial charge in [0.25, 0.3) is 5.91 Å². The molecule has 2 N–H and O–H groups in total. The largest absolute Gasteiger partial charge is 0.368 e. The number of benzene rings is 1. The van der Waals surface area contributed by atoms with Gasteiger partial charge in [0.2, 0.25) is 0 Å². The Morgan fingerprint density at radius 3 is 2.65 bits per heavy atom. The molecule has 0 aliphatic rings. The summed E-state index contributed by atoms with van der Waals surface area (Å²) in [7, 11) is 0. The molecular weight excluding hydrogens is 407 g/mol. The van der Waals surface area contributed by atoms with Gasteiger partial charge in [-0.05, 0) is 55.8 Å². The van der Waals surface area contributed by atoms with E-state index in [1.165, 1.54) is 36.5 Å². The van der Waals surface area contributed by atoms with Gasteiger partial charge in [0.15, 0.2) is 0 Å². The first kappa shape index (κ1) is 22.2. The number of nitrogens with one attached hydrogen (secondary N) is 2. The first-order valence-electron chi connectivity index (χ1n) is 9.87. The summed E-state index contributed by atoms with van der Waals surface area (Å²) in [4.78, 5) is 15.8. The van der Waals surface area contributed by atoms with E-state index in [0.717, 1.165) is 0 Å². The van der Waals surface area contributed by atoms with E-state index in [0.29, 0.717) is 23.6 Å². The number of amides is 1. The van der Waals surface area contributed by atoms with Gasteiger partial charge in [0, 0.05) is 31.3 Å². The molecule has 1 atom stereocenters. The van der Waals surface area contributed by atoms with Crippen LogP contribution < -0.4 is 10.6 Å². The van der Waals surface area contributed by atoms with Gasteiger partial charge in [-0.25, -0.2) is 13.2 Å². The summed E-state index contributed by atoms with van der Waals surface area (Å²) in [6.45, 7) is 2.42. The number of carbonyl (C=O) groups excluding carboxylic acids is 1. The molecule has 0 saturated heterocycles. The van der Waals surface area contributed by atoms with Crippen LogP contribution >= 0.6 is 0 Å². The number of hydrogen-bond acceptors (Lipinski definition) is 5. The number of carbonyl (C=O) groups is 1. The summed E-state index contributed by atoms with van der Waals surface area (Å²) in [5.74, 6) is -1.20. The fraction of sp³-hybridized carbons (Fsp3) is 0.273. The lowest BCUT2D eigenvalue weighted by atomic mass is 10.1. The van der Waals surface area contributed by atoms with Gasteiger partial charge in [-0.15, -0.1) is 10.2 Å². The molecule has 0 radical (unpaired) electrons. The molecular formula is C22H22F3N5O. The van der Waals surface area contributed by atoms with Crippen LogP contribution in [0.15, 0.2) is 48.7 Å². The number of hydrogen-bond donors (Lipinski definition) is 2. The molecule has 0 aliphatic heterocycles. The van der Waals surface area contributed by atoms with Crippen molar-refractivity contribution in [1.29, 1.82) is 0 Å². The Balaban J connectivity index is 1.56. The molecule has 162 valence electrons. The van der Waals surface area contributed by atoms with Gasteiger partial charge >= 0.3 is 0 Å². The Hall–Kier alpha value is -3.49. The molecule has 0 saturated carbocycles. The van der Waals surface area contributed by atoms with E-state index in [1.807, 2.05) is 0 Å². The number of anilines is 1. The van der Waals surface area contributed by atoms with E-state index in [2.05, 4.69) is 25.8 Å². The molecule has 3 aromatic rings. The van der Waals surface area contributed by atoms with Crippen LogP contribution in [0.2, 0.25) is 0 Å². The van der Waals surface area contributed by atoms with Gasteiger partial charge in [0.05, 0.1) is 17.0 Å². The number of halogens is 3. The van der Waals surface area contributed by atoms with Gasteiger partial charge in [-0.2, -0.15) is 0 Å². The van der Waals surface area contributed by atoms with Gasteiger partial charge in [0.1, 0.15) is 23.6 Å². The Morgan fingerprint density at radius 2 is 1.94 bits per heavy atom. The predicted molar refractivity (Wildman–Crippen MR) is 111 cm³/mol. The van der Waals surface area contributed by atoms with E-state index >= 15 is 0 Å². The highest BCUT2D eigenvalue weighted by Crippen LogP contribution is 2.21. The van der Waals surface area contributed by atoms with Crippen molar-refractivity contribution in [3.05, 3.63) is 71.6 Å². The van der Waals surface area contributed by atoms with E-state index in [9.17, 15) is 18.0 Å². The maximum absolute atomic E-state index is 14.1. The Labute approximate surface area is 177 Å². The average molecular weight is 429 g/mol. The summed E-state index contributed by atoms with van der Waals surface area (Å²) in [6.07, 6.45) is 0.224. The van der Waals surface area contributed by atoms with Crippen LogP contribution in [0.3, 0.4) is 0 Å².